The summed E-state index contributed by atoms with van der Waals surface area (Å²) in [6.07, 6.45) is 2.81. The molecule has 0 spiro atoms. The summed E-state index contributed by atoms with van der Waals surface area (Å²) in [4.78, 5) is 36.8. The summed E-state index contributed by atoms with van der Waals surface area (Å²) in [5.74, 6) is -0.485. The fourth-order valence-electron chi connectivity index (χ4n) is 4.47. The first-order valence-corrected chi connectivity index (χ1v) is 22.0. The number of ether oxygens (including phenoxy) is 3. The largest absolute Gasteiger partial charge is 0.494 e. The molecule has 0 bridgehead atoms. The van der Waals surface area contributed by atoms with Gasteiger partial charge in [-0.25, -0.2) is 14.4 Å². The average Bonchev–Trinajstić information content (AvgIpc) is 2.93. The van der Waals surface area contributed by atoms with E-state index in [4.69, 9.17) is 35.1 Å². The van der Waals surface area contributed by atoms with E-state index in [0.29, 0.717) is 23.3 Å². The third kappa shape index (κ3) is 9.54. The highest BCUT2D eigenvalue weighted by molar-refractivity contribution is 6.81. The fourth-order valence-corrected chi connectivity index (χ4v) is 16.5. The zero-order valence-corrected chi connectivity index (χ0v) is 28.9. The molecule has 1 aromatic heterocycles. The first kappa shape index (κ1) is 33.0. The SMILES string of the molecule is CCOC(=O)c1cc2ccc(OC(=O)c3ccc(OCCCCC[Si]4(C)O[Si](C)O[Si](C)O[Si](C)O4)cc3)cc2oc1=O. The highest BCUT2D eigenvalue weighted by Gasteiger charge is 2.40. The molecule has 15 heteroatoms. The summed E-state index contributed by atoms with van der Waals surface area (Å²) in [6.45, 7) is 10.4. The molecule has 43 heavy (non-hydrogen) atoms. The second-order valence-corrected chi connectivity index (χ2v) is 18.9. The molecular formula is C28H35O11Si4. The van der Waals surface area contributed by atoms with Gasteiger partial charge in [0.05, 0.1) is 18.8 Å². The maximum absolute atomic E-state index is 12.7. The Morgan fingerprint density at radius 3 is 2.19 bits per heavy atom. The van der Waals surface area contributed by atoms with Crippen LogP contribution in [0.4, 0.5) is 0 Å². The third-order valence-corrected chi connectivity index (χ3v) is 18.0. The Morgan fingerprint density at radius 1 is 0.837 bits per heavy atom. The van der Waals surface area contributed by atoms with E-state index in [-0.39, 0.29) is 23.5 Å². The van der Waals surface area contributed by atoms with Crippen molar-refractivity contribution < 1.29 is 44.7 Å². The molecule has 1 fully saturated rings. The van der Waals surface area contributed by atoms with E-state index in [9.17, 15) is 14.4 Å². The van der Waals surface area contributed by atoms with Crippen molar-refractivity contribution in [1.29, 1.82) is 0 Å². The second kappa shape index (κ2) is 15.2. The Balaban J connectivity index is 1.22. The summed E-state index contributed by atoms with van der Waals surface area (Å²) in [5, 5.41) is 0.494. The van der Waals surface area contributed by atoms with Crippen LogP contribution in [0.25, 0.3) is 11.0 Å². The second-order valence-electron chi connectivity index (χ2n) is 9.96. The van der Waals surface area contributed by atoms with Crippen LogP contribution in [0.1, 0.15) is 46.9 Å². The molecule has 3 aromatic rings. The lowest BCUT2D eigenvalue weighted by Crippen LogP contribution is -2.52. The number of carbonyl (C=O) groups excluding carboxylic acids is 2. The molecule has 229 valence electrons. The number of hydrogen-bond donors (Lipinski definition) is 0. The molecule has 4 rings (SSSR count). The predicted molar refractivity (Wildman–Crippen MR) is 165 cm³/mol. The van der Waals surface area contributed by atoms with Gasteiger partial charge in [-0.2, -0.15) is 0 Å². The molecule has 0 aliphatic carbocycles. The molecule has 0 unspecified atom stereocenters. The van der Waals surface area contributed by atoms with Crippen LogP contribution in [0, 0.1) is 0 Å². The van der Waals surface area contributed by atoms with Crippen LogP contribution in [-0.4, -0.2) is 61.6 Å². The van der Waals surface area contributed by atoms with Crippen LogP contribution in [-0.2, 0) is 21.2 Å². The molecule has 2 aromatic carbocycles. The van der Waals surface area contributed by atoms with Gasteiger partial charge in [-0.15, -0.1) is 0 Å². The highest BCUT2D eigenvalue weighted by Crippen LogP contribution is 2.24. The zero-order valence-electron chi connectivity index (χ0n) is 24.9. The van der Waals surface area contributed by atoms with Gasteiger partial charge in [-0.05, 0) is 88.0 Å². The van der Waals surface area contributed by atoms with Crippen LogP contribution in [0.3, 0.4) is 0 Å². The van der Waals surface area contributed by atoms with E-state index in [1.54, 1.807) is 43.3 Å². The van der Waals surface area contributed by atoms with Crippen molar-refractivity contribution >= 4 is 59.3 Å². The van der Waals surface area contributed by atoms with Crippen LogP contribution >= 0.6 is 0 Å². The van der Waals surface area contributed by atoms with Gasteiger partial charge in [0, 0.05) is 11.5 Å². The van der Waals surface area contributed by atoms with Crippen LogP contribution in [0.2, 0.25) is 32.2 Å². The Labute approximate surface area is 256 Å². The molecule has 0 amide bonds. The van der Waals surface area contributed by atoms with Crippen molar-refractivity contribution in [3.8, 4) is 11.5 Å². The van der Waals surface area contributed by atoms with Gasteiger partial charge in [-0.3, -0.25) is 0 Å². The molecule has 0 atom stereocenters. The Morgan fingerprint density at radius 2 is 1.51 bits per heavy atom. The number of benzene rings is 2. The smallest absolute Gasteiger partial charge is 0.362 e. The normalized spacial score (nSPS) is 16.4. The van der Waals surface area contributed by atoms with Crippen LogP contribution in [0.5, 0.6) is 11.5 Å². The van der Waals surface area contributed by atoms with E-state index in [2.05, 4.69) is 6.55 Å². The molecule has 1 aliphatic heterocycles. The van der Waals surface area contributed by atoms with Gasteiger partial charge in [-0.1, -0.05) is 12.8 Å². The standard InChI is InChI=1S/C28H35O11Si4/c1-6-32-27(30)24-18-21-12-15-23(19-25(21)35-28(24)31)34-26(29)20-10-13-22(14-11-20)33-16-8-7-9-17-43(5)38-41(3)36-40(2)37-42(4)39-43/h10-15,18-19H,6-9,16-17H2,1-5H3. The molecule has 0 N–H and O–H groups in total. The van der Waals surface area contributed by atoms with E-state index in [1.807, 2.05) is 19.6 Å². The molecule has 2 heterocycles. The van der Waals surface area contributed by atoms with Gasteiger partial charge < -0.3 is 35.1 Å². The van der Waals surface area contributed by atoms with Crippen LogP contribution < -0.4 is 15.1 Å². The molecular weight excluding hydrogens is 625 g/mol. The number of unbranched alkanes of at least 4 members (excludes halogenated alkanes) is 2. The summed E-state index contributed by atoms with van der Waals surface area (Å²) in [5.41, 5.74) is -0.507. The monoisotopic (exact) mass is 659 g/mol. The lowest BCUT2D eigenvalue weighted by atomic mass is 10.2. The van der Waals surface area contributed by atoms with E-state index >= 15 is 0 Å². The minimum absolute atomic E-state index is 0.138. The van der Waals surface area contributed by atoms with Gasteiger partial charge >= 0.3 is 54.0 Å². The summed E-state index contributed by atoms with van der Waals surface area (Å²) >= 11 is 0. The van der Waals surface area contributed by atoms with Crippen molar-refractivity contribution in [2.75, 3.05) is 13.2 Å². The van der Waals surface area contributed by atoms with Gasteiger partial charge in [0.15, 0.2) is 0 Å². The average molecular weight is 660 g/mol. The van der Waals surface area contributed by atoms with E-state index in [1.165, 1.54) is 12.1 Å². The summed E-state index contributed by atoms with van der Waals surface area (Å²) < 4.78 is 45.8. The number of fused-ring (bicyclic) bond motifs is 1. The van der Waals surface area contributed by atoms with Crippen LogP contribution in [0.15, 0.2) is 57.7 Å². The molecule has 11 nitrogen and oxygen atoms in total. The third-order valence-electron chi connectivity index (χ3n) is 6.34. The maximum atomic E-state index is 12.7. The first-order chi connectivity index (χ1) is 20.5. The highest BCUT2D eigenvalue weighted by atomic mass is 28.5. The van der Waals surface area contributed by atoms with Crippen molar-refractivity contribution in [3.63, 3.8) is 0 Å². The summed E-state index contributed by atoms with van der Waals surface area (Å²) in [6, 6.07) is 13.5. The Hall–Kier alpha value is -2.90. The number of hydrogen-bond acceptors (Lipinski definition) is 11. The number of esters is 2. The van der Waals surface area contributed by atoms with Gasteiger partial charge in [0.1, 0.15) is 22.6 Å². The molecule has 1 saturated heterocycles. The van der Waals surface area contributed by atoms with Crippen molar-refractivity contribution in [2.45, 2.75) is 58.4 Å². The number of rotatable bonds is 11. The topological polar surface area (TPSA) is 129 Å². The minimum atomic E-state index is -2.33. The number of carbonyl (C=O) groups is 2. The predicted octanol–water partition coefficient (Wildman–Crippen LogP) is 5.24. The van der Waals surface area contributed by atoms with E-state index in [0.717, 1.165) is 25.3 Å². The summed E-state index contributed by atoms with van der Waals surface area (Å²) in [7, 11) is -6.37. The molecule has 0 saturated carbocycles. The zero-order chi connectivity index (χ0) is 31.0. The minimum Gasteiger partial charge on any atom is -0.494 e. The maximum Gasteiger partial charge on any atom is 0.362 e. The van der Waals surface area contributed by atoms with Crippen molar-refractivity contribution in [1.82, 2.24) is 0 Å². The fraction of sp³-hybridized carbons (Fsp3) is 0.393. The Kier molecular flexibility index (Phi) is 11.7. The van der Waals surface area contributed by atoms with E-state index < -0.39 is 54.0 Å². The van der Waals surface area contributed by atoms with Gasteiger partial charge in [0.2, 0.25) is 0 Å². The lowest BCUT2D eigenvalue weighted by molar-refractivity contribution is 0.0521. The van der Waals surface area contributed by atoms with Gasteiger partial charge in [0.25, 0.3) is 0 Å². The van der Waals surface area contributed by atoms with Crippen molar-refractivity contribution in [3.05, 3.63) is 70.1 Å². The quantitative estimate of drug-likeness (QED) is 0.0881. The molecule has 3 radical (unpaired) electrons. The Bertz CT molecular complexity index is 1450. The molecule has 1 aliphatic rings. The lowest BCUT2D eigenvalue weighted by Gasteiger charge is -2.35. The first-order valence-electron chi connectivity index (χ1n) is 14.0. The van der Waals surface area contributed by atoms with Crippen molar-refractivity contribution in [2.24, 2.45) is 0 Å².